The van der Waals surface area contributed by atoms with Gasteiger partial charge in [-0.3, -0.25) is 4.79 Å². The third-order valence-electron chi connectivity index (χ3n) is 3.18. The van der Waals surface area contributed by atoms with E-state index >= 15 is 0 Å². The predicted octanol–water partition coefficient (Wildman–Crippen LogP) is 1.77. The Kier molecular flexibility index (Phi) is 5.42. The minimum Gasteiger partial charge on any atom is -0.452 e. The average Bonchev–Trinajstić information content (AvgIpc) is 2.82. The van der Waals surface area contributed by atoms with Gasteiger partial charge in [0.2, 0.25) is 5.91 Å². The van der Waals surface area contributed by atoms with E-state index in [1.54, 1.807) is 11.9 Å². The van der Waals surface area contributed by atoms with Gasteiger partial charge in [0, 0.05) is 7.05 Å². The normalized spacial score (nSPS) is 16.5. The van der Waals surface area contributed by atoms with E-state index < -0.39 is 0 Å². The fourth-order valence-electron chi connectivity index (χ4n) is 2.02. The van der Waals surface area contributed by atoms with Gasteiger partial charge in [-0.05, 0) is 54.0 Å². The highest BCUT2D eigenvalue weighted by Crippen LogP contribution is 2.15. The Bertz CT molecular complexity index is 416. The van der Waals surface area contributed by atoms with E-state index in [1.807, 2.05) is 12.1 Å². The summed E-state index contributed by atoms with van der Waals surface area (Å²) in [5.74, 6) is 0.732. The summed E-state index contributed by atoms with van der Waals surface area (Å²) in [6, 6.07) is 3.67. The third-order valence-corrected chi connectivity index (χ3v) is 3.60. The van der Waals surface area contributed by atoms with Crippen molar-refractivity contribution >= 4 is 21.8 Å². The van der Waals surface area contributed by atoms with Crippen LogP contribution in [0.1, 0.15) is 18.6 Å². The number of halogens is 1. The molecule has 1 saturated heterocycles. The van der Waals surface area contributed by atoms with Crippen LogP contribution in [0.3, 0.4) is 0 Å². The molecule has 0 radical (unpaired) electrons. The van der Waals surface area contributed by atoms with E-state index in [1.165, 1.54) is 0 Å². The largest absolute Gasteiger partial charge is 0.452 e. The number of ether oxygens (including phenoxy) is 1. The molecule has 0 saturated carbocycles. The van der Waals surface area contributed by atoms with Crippen LogP contribution < -0.4 is 5.32 Å². The first kappa shape index (κ1) is 14.6. The molecule has 1 aromatic rings. The third kappa shape index (κ3) is 4.63. The summed E-state index contributed by atoms with van der Waals surface area (Å²) in [5.41, 5.74) is 0. The van der Waals surface area contributed by atoms with Crippen molar-refractivity contribution in [2.75, 3.05) is 26.7 Å². The standard InChI is InChI=1S/C13H19BrN2O3/c1-16(8-11-2-3-12(14)19-11)13(17)9-18-10-4-6-15-7-5-10/h2-3,10,15H,4-9H2,1H3. The molecule has 2 rings (SSSR count). The highest BCUT2D eigenvalue weighted by atomic mass is 79.9. The molecule has 1 aliphatic rings. The van der Waals surface area contributed by atoms with E-state index in [0.717, 1.165) is 31.7 Å². The number of amides is 1. The van der Waals surface area contributed by atoms with Crippen LogP contribution in [0.4, 0.5) is 0 Å². The second kappa shape index (κ2) is 7.07. The van der Waals surface area contributed by atoms with Gasteiger partial charge >= 0.3 is 0 Å². The van der Waals surface area contributed by atoms with Gasteiger partial charge in [-0.25, -0.2) is 0 Å². The maximum absolute atomic E-state index is 11.9. The van der Waals surface area contributed by atoms with E-state index in [0.29, 0.717) is 11.2 Å². The van der Waals surface area contributed by atoms with Crippen molar-refractivity contribution < 1.29 is 13.9 Å². The Balaban J connectivity index is 1.72. The van der Waals surface area contributed by atoms with Crippen molar-refractivity contribution in [2.24, 2.45) is 0 Å². The first-order valence-corrected chi connectivity index (χ1v) is 7.25. The molecule has 0 aromatic carbocycles. The number of rotatable bonds is 5. The molecular formula is C13H19BrN2O3. The molecule has 1 fully saturated rings. The molecule has 1 aromatic heterocycles. The van der Waals surface area contributed by atoms with Gasteiger partial charge in [-0.2, -0.15) is 0 Å². The van der Waals surface area contributed by atoms with Crippen LogP contribution in [0.15, 0.2) is 21.2 Å². The van der Waals surface area contributed by atoms with Crippen molar-refractivity contribution in [1.82, 2.24) is 10.2 Å². The first-order chi connectivity index (χ1) is 9.15. The molecule has 1 N–H and O–H groups in total. The van der Waals surface area contributed by atoms with E-state index in [-0.39, 0.29) is 18.6 Å². The van der Waals surface area contributed by atoms with Crippen molar-refractivity contribution in [2.45, 2.75) is 25.5 Å². The molecule has 0 spiro atoms. The molecule has 6 heteroatoms. The van der Waals surface area contributed by atoms with Crippen LogP contribution in [-0.4, -0.2) is 43.7 Å². The van der Waals surface area contributed by atoms with Crippen LogP contribution >= 0.6 is 15.9 Å². The van der Waals surface area contributed by atoms with Crippen molar-refractivity contribution in [1.29, 1.82) is 0 Å². The SMILES string of the molecule is CN(Cc1ccc(Br)o1)C(=O)COC1CCNCC1. The number of nitrogens with one attached hydrogen (secondary N) is 1. The fraction of sp³-hybridized carbons (Fsp3) is 0.615. The molecule has 0 bridgehead atoms. The number of nitrogens with zero attached hydrogens (tertiary/aromatic N) is 1. The zero-order valence-corrected chi connectivity index (χ0v) is 12.6. The fourth-order valence-corrected chi connectivity index (χ4v) is 2.36. The molecule has 0 aliphatic carbocycles. The number of carbonyl (C=O) groups is 1. The lowest BCUT2D eigenvalue weighted by molar-refractivity contribution is -0.138. The van der Waals surface area contributed by atoms with Gasteiger partial charge in [-0.15, -0.1) is 0 Å². The Morgan fingerprint density at radius 1 is 1.53 bits per heavy atom. The van der Waals surface area contributed by atoms with E-state index in [4.69, 9.17) is 9.15 Å². The molecular weight excluding hydrogens is 312 g/mol. The summed E-state index contributed by atoms with van der Waals surface area (Å²) >= 11 is 3.24. The van der Waals surface area contributed by atoms with Crippen LogP contribution in [0.2, 0.25) is 0 Å². The first-order valence-electron chi connectivity index (χ1n) is 6.45. The average molecular weight is 331 g/mol. The summed E-state index contributed by atoms with van der Waals surface area (Å²) in [5, 5.41) is 3.27. The number of hydrogen-bond acceptors (Lipinski definition) is 4. The predicted molar refractivity (Wildman–Crippen MR) is 74.7 cm³/mol. The number of likely N-dealkylation sites (N-methyl/N-ethyl adjacent to an activating group) is 1. The quantitative estimate of drug-likeness (QED) is 0.893. The molecule has 1 aliphatic heterocycles. The van der Waals surface area contributed by atoms with Gasteiger partial charge in [0.15, 0.2) is 4.67 Å². The highest BCUT2D eigenvalue weighted by molar-refractivity contribution is 9.10. The maximum Gasteiger partial charge on any atom is 0.248 e. The maximum atomic E-state index is 11.9. The minimum atomic E-state index is -0.0222. The molecule has 0 unspecified atom stereocenters. The Labute approximate surface area is 121 Å². The van der Waals surface area contributed by atoms with Gasteiger partial charge in [0.05, 0.1) is 12.6 Å². The lowest BCUT2D eigenvalue weighted by Gasteiger charge is -2.24. The van der Waals surface area contributed by atoms with E-state index in [9.17, 15) is 4.79 Å². The zero-order valence-electron chi connectivity index (χ0n) is 11.0. The summed E-state index contributed by atoms with van der Waals surface area (Å²) < 4.78 is 11.7. The van der Waals surface area contributed by atoms with Gasteiger partial charge in [0.25, 0.3) is 0 Å². The lowest BCUT2D eigenvalue weighted by atomic mass is 10.1. The van der Waals surface area contributed by atoms with Gasteiger partial charge in [0.1, 0.15) is 12.4 Å². The summed E-state index contributed by atoms with van der Waals surface area (Å²) in [6.45, 7) is 2.54. The van der Waals surface area contributed by atoms with Crippen LogP contribution in [0.5, 0.6) is 0 Å². The molecule has 106 valence electrons. The van der Waals surface area contributed by atoms with Gasteiger partial charge in [-0.1, -0.05) is 0 Å². The molecule has 1 amide bonds. The highest BCUT2D eigenvalue weighted by Gasteiger charge is 2.17. The Morgan fingerprint density at radius 3 is 2.89 bits per heavy atom. The smallest absolute Gasteiger partial charge is 0.248 e. The Morgan fingerprint density at radius 2 is 2.26 bits per heavy atom. The van der Waals surface area contributed by atoms with Crippen molar-refractivity contribution in [3.8, 4) is 0 Å². The second-order valence-corrected chi connectivity index (χ2v) is 5.50. The van der Waals surface area contributed by atoms with Crippen LogP contribution in [-0.2, 0) is 16.1 Å². The molecule has 5 nitrogen and oxygen atoms in total. The minimum absolute atomic E-state index is 0.0222. The van der Waals surface area contributed by atoms with Gasteiger partial charge < -0.3 is 19.4 Å². The number of furan rings is 1. The summed E-state index contributed by atoms with van der Waals surface area (Å²) in [4.78, 5) is 13.5. The van der Waals surface area contributed by atoms with Crippen molar-refractivity contribution in [3.05, 3.63) is 22.6 Å². The number of carbonyl (C=O) groups excluding carboxylic acids is 1. The van der Waals surface area contributed by atoms with Crippen LogP contribution in [0.25, 0.3) is 0 Å². The number of piperidine rings is 1. The molecule has 0 atom stereocenters. The summed E-state index contributed by atoms with van der Waals surface area (Å²) in [6.07, 6.45) is 2.15. The lowest BCUT2D eigenvalue weighted by Crippen LogP contribution is -2.36. The topological polar surface area (TPSA) is 54.7 Å². The van der Waals surface area contributed by atoms with Crippen LogP contribution in [0, 0.1) is 0 Å². The number of hydrogen-bond donors (Lipinski definition) is 1. The second-order valence-electron chi connectivity index (χ2n) is 4.72. The van der Waals surface area contributed by atoms with E-state index in [2.05, 4.69) is 21.2 Å². The van der Waals surface area contributed by atoms with Crippen molar-refractivity contribution in [3.63, 3.8) is 0 Å². The monoisotopic (exact) mass is 330 g/mol. The molecule has 19 heavy (non-hydrogen) atoms. The Hall–Kier alpha value is -0.850. The zero-order chi connectivity index (χ0) is 13.7. The molecule has 2 heterocycles. The summed E-state index contributed by atoms with van der Waals surface area (Å²) in [7, 11) is 1.75.